The fraction of sp³-hybridized carbons (Fsp3) is 0.538. The van der Waals surface area contributed by atoms with Crippen molar-refractivity contribution in [1.82, 2.24) is 24.4 Å². The average molecular weight is 484 g/mol. The summed E-state index contributed by atoms with van der Waals surface area (Å²) in [7, 11) is 0. The van der Waals surface area contributed by atoms with E-state index in [1.165, 1.54) is 12.2 Å². The van der Waals surface area contributed by atoms with Gasteiger partial charge in [0.05, 0.1) is 11.9 Å². The highest BCUT2D eigenvalue weighted by Crippen LogP contribution is 2.37. The van der Waals surface area contributed by atoms with E-state index in [0.717, 1.165) is 45.2 Å². The summed E-state index contributed by atoms with van der Waals surface area (Å²) in [6.07, 6.45) is 8.82. The molecule has 35 heavy (non-hydrogen) atoms. The Labute approximate surface area is 207 Å². The Bertz CT molecular complexity index is 1080. The van der Waals surface area contributed by atoms with E-state index in [0.29, 0.717) is 23.1 Å². The minimum absolute atomic E-state index is 0.0265. The molecule has 0 spiro atoms. The van der Waals surface area contributed by atoms with Crippen molar-refractivity contribution < 1.29 is 9.18 Å². The molecule has 0 saturated heterocycles. The number of hydrogen-bond donors (Lipinski definition) is 2. The largest absolute Gasteiger partial charge is 0.352 e. The molecule has 1 amide bonds. The summed E-state index contributed by atoms with van der Waals surface area (Å²) in [5, 5.41) is 6.31. The molecule has 0 unspecified atom stereocenters. The summed E-state index contributed by atoms with van der Waals surface area (Å²) in [4.78, 5) is 28.8. The normalized spacial score (nSPS) is 18.5. The number of anilines is 2. The van der Waals surface area contributed by atoms with Crippen LogP contribution in [-0.2, 0) is 4.79 Å². The molecule has 8 nitrogen and oxygen atoms in total. The van der Waals surface area contributed by atoms with Crippen molar-refractivity contribution in [3.8, 4) is 0 Å². The summed E-state index contributed by atoms with van der Waals surface area (Å²) in [5.74, 6) is 0.648. The Hall–Kier alpha value is -3.23. The number of fused-ring (bicyclic) bond motifs is 1. The number of amides is 1. The molecule has 0 atom stereocenters. The van der Waals surface area contributed by atoms with Gasteiger partial charge in [0.25, 0.3) is 0 Å². The summed E-state index contributed by atoms with van der Waals surface area (Å²) in [6, 6.07) is 0.233. The van der Waals surface area contributed by atoms with E-state index in [1.54, 1.807) is 6.20 Å². The lowest BCUT2D eigenvalue weighted by Gasteiger charge is -2.33. The van der Waals surface area contributed by atoms with Crippen LogP contribution in [0.5, 0.6) is 0 Å². The zero-order chi connectivity index (χ0) is 25.5. The number of hydrogen-bond acceptors (Lipinski definition) is 6. The highest BCUT2D eigenvalue weighted by molar-refractivity contribution is 5.79. The van der Waals surface area contributed by atoms with Gasteiger partial charge in [-0.25, -0.2) is 14.4 Å². The van der Waals surface area contributed by atoms with Crippen molar-refractivity contribution >= 4 is 29.0 Å². The number of rotatable bonds is 11. The van der Waals surface area contributed by atoms with Crippen LogP contribution in [0.1, 0.15) is 65.8 Å². The first-order chi connectivity index (χ1) is 16.8. The lowest BCUT2D eigenvalue weighted by Crippen LogP contribution is -2.38. The average Bonchev–Trinajstić information content (AvgIpc) is 3.18. The number of carbonyl (C=O) groups is 1. The number of imidazole rings is 1. The predicted octanol–water partition coefficient (Wildman–Crippen LogP) is 5.60. The third kappa shape index (κ3) is 6.26. The van der Waals surface area contributed by atoms with Gasteiger partial charge in [0.1, 0.15) is 11.3 Å². The van der Waals surface area contributed by atoms with Crippen LogP contribution in [0.4, 0.5) is 16.3 Å². The van der Waals surface area contributed by atoms with Crippen molar-refractivity contribution in [3.05, 3.63) is 43.0 Å². The summed E-state index contributed by atoms with van der Waals surface area (Å²) < 4.78 is 16.1. The first kappa shape index (κ1) is 26.4. The molecular weight excluding hydrogens is 445 g/mol. The van der Waals surface area contributed by atoms with Crippen LogP contribution in [-0.4, -0.2) is 49.5 Å². The van der Waals surface area contributed by atoms with Crippen LogP contribution in [0.2, 0.25) is 0 Å². The molecule has 1 saturated carbocycles. The summed E-state index contributed by atoms with van der Waals surface area (Å²) in [5.41, 5.74) is 1.47. The van der Waals surface area contributed by atoms with Gasteiger partial charge in [-0.05, 0) is 59.0 Å². The van der Waals surface area contributed by atoms with Crippen LogP contribution < -0.4 is 10.6 Å². The van der Waals surface area contributed by atoms with Gasteiger partial charge in [-0.1, -0.05) is 26.2 Å². The summed E-state index contributed by atoms with van der Waals surface area (Å²) >= 11 is 0. The van der Waals surface area contributed by atoms with E-state index in [9.17, 15) is 9.18 Å². The standard InChI is InChI=1S/C26H38FN7O/c1-7-10-21(18(6)27)30-26-31-22-16-28-25(29-17(4)5)32-23(22)34(26)20-13-11-19(12-14-20)24(35)33(9-3)15-8-2/h7,10,16-17,19-20H,1,6,8-9,11-15H2,2-5H3,(H,30,31)(H,28,29,32)/b21-10+. The van der Waals surface area contributed by atoms with Gasteiger partial charge in [0, 0.05) is 31.1 Å². The van der Waals surface area contributed by atoms with Crippen molar-refractivity contribution in [2.24, 2.45) is 5.92 Å². The van der Waals surface area contributed by atoms with E-state index >= 15 is 0 Å². The molecule has 0 radical (unpaired) electrons. The Morgan fingerprint density at radius 3 is 2.57 bits per heavy atom. The molecule has 0 bridgehead atoms. The highest BCUT2D eigenvalue weighted by Gasteiger charge is 2.32. The molecule has 2 N–H and O–H groups in total. The Balaban J connectivity index is 1.94. The molecular formula is C26H38FN7O. The van der Waals surface area contributed by atoms with Crippen molar-refractivity contribution in [2.75, 3.05) is 23.7 Å². The minimum atomic E-state index is -0.610. The van der Waals surface area contributed by atoms with Gasteiger partial charge >= 0.3 is 0 Å². The molecule has 0 aromatic carbocycles. The zero-order valence-electron chi connectivity index (χ0n) is 21.4. The molecule has 1 aliphatic carbocycles. The molecule has 1 aliphatic rings. The second-order valence-corrected chi connectivity index (χ2v) is 9.28. The van der Waals surface area contributed by atoms with Gasteiger partial charge in [0.15, 0.2) is 5.65 Å². The topological polar surface area (TPSA) is 88.0 Å². The molecule has 2 heterocycles. The SMILES string of the molecule is C=C/C=C(/Nc1nc2cnc(NC(C)C)nc2n1C1CCC(C(=O)N(CC)CCC)CC1)C(=C)F. The number of allylic oxidation sites excluding steroid dienone is 3. The zero-order valence-corrected chi connectivity index (χ0v) is 21.4. The Kier molecular flexibility index (Phi) is 9.01. The van der Waals surface area contributed by atoms with E-state index < -0.39 is 5.83 Å². The lowest BCUT2D eigenvalue weighted by molar-refractivity contribution is -0.136. The molecule has 1 fully saturated rings. The fourth-order valence-electron chi connectivity index (χ4n) is 4.62. The van der Waals surface area contributed by atoms with Gasteiger partial charge in [-0.15, -0.1) is 0 Å². The number of nitrogens with zero attached hydrogens (tertiary/aromatic N) is 5. The quantitative estimate of drug-likeness (QED) is 0.405. The van der Waals surface area contributed by atoms with Crippen LogP contribution in [0, 0.1) is 5.92 Å². The first-order valence-corrected chi connectivity index (χ1v) is 12.5. The molecule has 0 aliphatic heterocycles. The third-order valence-corrected chi connectivity index (χ3v) is 6.27. The highest BCUT2D eigenvalue weighted by atomic mass is 19.1. The van der Waals surface area contributed by atoms with Crippen molar-refractivity contribution in [1.29, 1.82) is 0 Å². The number of nitrogens with one attached hydrogen (secondary N) is 2. The smallest absolute Gasteiger partial charge is 0.225 e. The molecule has 2 aromatic rings. The van der Waals surface area contributed by atoms with E-state index in [2.05, 4.69) is 40.7 Å². The van der Waals surface area contributed by atoms with E-state index in [4.69, 9.17) is 4.98 Å². The maximum Gasteiger partial charge on any atom is 0.225 e. The first-order valence-electron chi connectivity index (χ1n) is 12.5. The third-order valence-electron chi connectivity index (χ3n) is 6.27. The predicted molar refractivity (Wildman–Crippen MR) is 140 cm³/mol. The van der Waals surface area contributed by atoms with Gasteiger partial charge in [-0.2, -0.15) is 4.98 Å². The second-order valence-electron chi connectivity index (χ2n) is 9.28. The van der Waals surface area contributed by atoms with Crippen molar-refractivity contribution in [3.63, 3.8) is 0 Å². The fourth-order valence-corrected chi connectivity index (χ4v) is 4.62. The molecule has 3 rings (SSSR count). The van der Waals surface area contributed by atoms with E-state index in [1.807, 2.05) is 30.2 Å². The number of halogens is 1. The minimum Gasteiger partial charge on any atom is -0.352 e. The maximum atomic E-state index is 14.1. The second kappa shape index (κ2) is 12.0. The monoisotopic (exact) mass is 483 g/mol. The molecule has 2 aromatic heterocycles. The number of aromatic nitrogens is 4. The van der Waals surface area contributed by atoms with Gasteiger partial charge in [0.2, 0.25) is 17.8 Å². The Morgan fingerprint density at radius 1 is 1.29 bits per heavy atom. The van der Waals surface area contributed by atoms with Gasteiger partial charge in [-0.3, -0.25) is 9.36 Å². The van der Waals surface area contributed by atoms with Crippen LogP contribution in [0.25, 0.3) is 11.2 Å². The number of carbonyl (C=O) groups excluding carboxylic acids is 1. The van der Waals surface area contributed by atoms with Crippen molar-refractivity contribution in [2.45, 2.75) is 71.9 Å². The summed E-state index contributed by atoms with van der Waals surface area (Å²) in [6.45, 7) is 16.8. The molecule has 190 valence electrons. The lowest BCUT2D eigenvalue weighted by atomic mass is 9.85. The molecule has 9 heteroatoms. The maximum absolute atomic E-state index is 14.1. The van der Waals surface area contributed by atoms with E-state index in [-0.39, 0.29) is 29.6 Å². The Morgan fingerprint density at radius 2 is 2.00 bits per heavy atom. The van der Waals surface area contributed by atoms with Crippen LogP contribution in [0.3, 0.4) is 0 Å². The van der Waals surface area contributed by atoms with Crippen LogP contribution >= 0.6 is 0 Å². The van der Waals surface area contributed by atoms with Gasteiger partial charge < -0.3 is 15.5 Å². The van der Waals surface area contributed by atoms with Crippen LogP contribution in [0.15, 0.2) is 43.0 Å².